The number of likely N-dealkylation sites (N-methyl/N-ethyl adjacent to an activating group) is 1. The van der Waals surface area contributed by atoms with Crippen molar-refractivity contribution in [3.63, 3.8) is 0 Å². The summed E-state index contributed by atoms with van der Waals surface area (Å²) in [6.45, 7) is 1.45. The Hall–Kier alpha value is -2.32. The first-order chi connectivity index (χ1) is 12.8. The van der Waals surface area contributed by atoms with Gasteiger partial charge in [-0.1, -0.05) is 11.6 Å². The second kappa shape index (κ2) is 6.38. The minimum atomic E-state index is -1.39. The van der Waals surface area contributed by atoms with Crippen LogP contribution in [0.15, 0.2) is 11.0 Å². The van der Waals surface area contributed by atoms with Crippen molar-refractivity contribution in [2.24, 2.45) is 0 Å². The summed E-state index contributed by atoms with van der Waals surface area (Å²) in [7, 11) is 1.94. The number of carbonyl (C=O) groups is 1. The van der Waals surface area contributed by atoms with Crippen LogP contribution in [-0.2, 0) is 0 Å². The summed E-state index contributed by atoms with van der Waals surface area (Å²) in [5.74, 6) is -2.50. The number of hydrogen-bond donors (Lipinski definition) is 2. The van der Waals surface area contributed by atoms with E-state index in [0.29, 0.717) is 6.54 Å². The lowest BCUT2D eigenvalue weighted by Crippen LogP contribution is -2.24. The van der Waals surface area contributed by atoms with Crippen LogP contribution in [0, 0.1) is 5.82 Å². The van der Waals surface area contributed by atoms with Crippen LogP contribution < -0.4 is 15.9 Å². The third kappa shape index (κ3) is 2.93. The van der Waals surface area contributed by atoms with Gasteiger partial charge < -0.3 is 25.0 Å². The van der Waals surface area contributed by atoms with Gasteiger partial charge in [0.2, 0.25) is 5.43 Å². The Balaban J connectivity index is 1.97. The zero-order valence-corrected chi connectivity index (χ0v) is 15.4. The van der Waals surface area contributed by atoms with Crippen molar-refractivity contribution >= 4 is 34.2 Å². The molecule has 1 saturated heterocycles. The van der Waals surface area contributed by atoms with E-state index in [0.717, 1.165) is 25.8 Å². The number of carboxylic acids is 1. The third-order valence-electron chi connectivity index (χ3n) is 5.15. The van der Waals surface area contributed by atoms with Gasteiger partial charge in [0, 0.05) is 25.3 Å². The molecule has 1 aromatic heterocycles. The van der Waals surface area contributed by atoms with E-state index in [-0.39, 0.29) is 33.8 Å². The number of nitrogens with zero attached hydrogens (tertiary/aromatic N) is 2. The number of nitrogens with two attached hydrogens (primary N) is 1. The third-order valence-corrected chi connectivity index (χ3v) is 5.50. The van der Waals surface area contributed by atoms with Crippen molar-refractivity contribution in [2.45, 2.75) is 31.4 Å². The van der Waals surface area contributed by atoms with Crippen molar-refractivity contribution in [1.29, 1.82) is 0 Å². The number of pyridine rings is 1. The van der Waals surface area contributed by atoms with E-state index < -0.39 is 28.5 Å². The molecule has 9 heteroatoms. The molecule has 0 radical (unpaired) electrons. The van der Waals surface area contributed by atoms with Gasteiger partial charge in [-0.25, -0.2) is 9.18 Å². The van der Waals surface area contributed by atoms with Gasteiger partial charge in [0.05, 0.1) is 16.6 Å². The van der Waals surface area contributed by atoms with E-state index in [1.165, 1.54) is 6.20 Å². The molecule has 2 fully saturated rings. The molecule has 1 unspecified atom stereocenters. The Labute approximate surface area is 159 Å². The predicted octanol–water partition coefficient (Wildman–Crippen LogP) is 2.49. The van der Waals surface area contributed by atoms with Crippen LogP contribution in [0.5, 0.6) is 5.75 Å². The summed E-state index contributed by atoms with van der Waals surface area (Å²) in [4.78, 5) is 26.2. The number of rotatable bonds is 4. The SMILES string of the molecule is CN1CCC(Oc2c(F)c(N)c3c(=O)c(C(=O)O)cn(C4CC4)c3c2Cl)C1. The van der Waals surface area contributed by atoms with E-state index in [1.54, 1.807) is 4.57 Å². The standard InChI is InChI=1S/C18H19ClFN3O4/c1-22-5-4-9(6-22)27-17-12(19)15-11(14(21)13(17)20)16(24)10(18(25)26)7-23(15)8-2-3-8/h7-9H,2-6,21H2,1H3,(H,25,26). The Bertz CT molecular complexity index is 1020. The highest BCUT2D eigenvalue weighted by Crippen LogP contribution is 2.44. The number of carboxylic acid groups (broad SMARTS) is 1. The summed E-state index contributed by atoms with van der Waals surface area (Å²) in [5.41, 5.74) is 4.41. The minimum Gasteiger partial charge on any atom is -0.484 e. The second-order valence-electron chi connectivity index (χ2n) is 7.20. The van der Waals surface area contributed by atoms with Gasteiger partial charge in [0.1, 0.15) is 16.7 Å². The lowest BCUT2D eigenvalue weighted by Gasteiger charge is -2.20. The van der Waals surface area contributed by atoms with E-state index in [2.05, 4.69) is 4.90 Å². The van der Waals surface area contributed by atoms with Crippen molar-refractivity contribution in [1.82, 2.24) is 9.47 Å². The number of benzene rings is 1. The molecule has 1 aromatic carbocycles. The molecule has 1 aliphatic carbocycles. The van der Waals surface area contributed by atoms with Crippen molar-refractivity contribution in [3.8, 4) is 5.75 Å². The van der Waals surface area contributed by atoms with Crippen LogP contribution in [0.3, 0.4) is 0 Å². The maximum atomic E-state index is 15.0. The quantitative estimate of drug-likeness (QED) is 0.772. The predicted molar refractivity (Wildman–Crippen MR) is 99.3 cm³/mol. The molecule has 144 valence electrons. The molecule has 0 bridgehead atoms. The first kappa shape index (κ1) is 18.1. The fourth-order valence-corrected chi connectivity index (χ4v) is 3.92. The molecule has 0 amide bonds. The molecule has 0 spiro atoms. The Kier molecular flexibility index (Phi) is 4.27. The Morgan fingerprint density at radius 3 is 2.67 bits per heavy atom. The highest BCUT2D eigenvalue weighted by Gasteiger charge is 2.32. The number of fused-ring (bicyclic) bond motifs is 1. The number of anilines is 1. The highest BCUT2D eigenvalue weighted by atomic mass is 35.5. The Morgan fingerprint density at radius 1 is 1.41 bits per heavy atom. The number of aromatic nitrogens is 1. The largest absolute Gasteiger partial charge is 0.484 e. The molecular formula is C18H19ClFN3O4. The zero-order valence-electron chi connectivity index (χ0n) is 14.7. The molecule has 7 nitrogen and oxygen atoms in total. The van der Waals surface area contributed by atoms with Crippen LogP contribution in [0.25, 0.3) is 10.9 Å². The molecule has 1 aliphatic heterocycles. The van der Waals surface area contributed by atoms with Gasteiger partial charge in [0.15, 0.2) is 11.6 Å². The summed E-state index contributed by atoms with van der Waals surface area (Å²) >= 11 is 6.47. The number of halogens is 2. The second-order valence-corrected chi connectivity index (χ2v) is 7.58. The summed E-state index contributed by atoms with van der Waals surface area (Å²) < 4.78 is 22.4. The number of aromatic carboxylic acids is 1. The van der Waals surface area contributed by atoms with E-state index in [1.807, 2.05) is 7.05 Å². The van der Waals surface area contributed by atoms with Gasteiger partial charge in [-0.3, -0.25) is 4.79 Å². The van der Waals surface area contributed by atoms with Crippen LogP contribution in [0.2, 0.25) is 5.02 Å². The number of hydrogen-bond acceptors (Lipinski definition) is 5. The van der Waals surface area contributed by atoms with Crippen LogP contribution in [-0.4, -0.2) is 46.8 Å². The molecular weight excluding hydrogens is 377 g/mol. The highest BCUT2D eigenvalue weighted by molar-refractivity contribution is 6.37. The molecule has 2 heterocycles. The van der Waals surface area contributed by atoms with Crippen molar-refractivity contribution in [2.75, 3.05) is 25.9 Å². The normalized spacial score (nSPS) is 20.3. The molecule has 3 N–H and O–H groups in total. The van der Waals surface area contributed by atoms with E-state index in [9.17, 15) is 19.1 Å². The average Bonchev–Trinajstić information content (AvgIpc) is 3.38. The van der Waals surface area contributed by atoms with Crippen molar-refractivity contribution < 1.29 is 19.0 Å². The topological polar surface area (TPSA) is 97.8 Å². The van der Waals surface area contributed by atoms with Crippen molar-refractivity contribution in [3.05, 3.63) is 32.8 Å². The first-order valence-electron chi connectivity index (χ1n) is 8.73. The van der Waals surface area contributed by atoms with Gasteiger partial charge in [-0.2, -0.15) is 0 Å². The zero-order chi connectivity index (χ0) is 19.5. The first-order valence-corrected chi connectivity index (χ1v) is 9.11. The lowest BCUT2D eigenvalue weighted by molar-refractivity contribution is 0.0695. The monoisotopic (exact) mass is 395 g/mol. The number of likely N-dealkylation sites (tertiary alicyclic amines) is 1. The summed E-state index contributed by atoms with van der Waals surface area (Å²) in [6, 6.07) is -0.000903. The fourth-order valence-electron chi connectivity index (χ4n) is 3.60. The van der Waals surface area contributed by atoms with Crippen LogP contribution in [0.1, 0.15) is 35.7 Å². The minimum absolute atomic E-state index is 0.000903. The van der Waals surface area contributed by atoms with Gasteiger partial charge in [-0.15, -0.1) is 0 Å². The summed E-state index contributed by atoms with van der Waals surface area (Å²) in [6.07, 6.45) is 3.37. The van der Waals surface area contributed by atoms with Crippen LogP contribution in [0.4, 0.5) is 10.1 Å². The molecule has 1 saturated carbocycles. The molecule has 1 atom stereocenters. The maximum absolute atomic E-state index is 15.0. The van der Waals surface area contributed by atoms with Gasteiger partial charge in [-0.05, 0) is 26.3 Å². The van der Waals surface area contributed by atoms with Crippen LogP contribution >= 0.6 is 11.6 Å². The molecule has 2 aromatic rings. The Morgan fingerprint density at radius 2 is 2.11 bits per heavy atom. The summed E-state index contributed by atoms with van der Waals surface area (Å²) in [5, 5.41) is 9.08. The van der Waals surface area contributed by atoms with E-state index >= 15 is 0 Å². The average molecular weight is 396 g/mol. The molecule has 27 heavy (non-hydrogen) atoms. The number of nitrogen functional groups attached to an aromatic ring is 1. The smallest absolute Gasteiger partial charge is 0.341 e. The molecule has 2 aliphatic rings. The lowest BCUT2D eigenvalue weighted by atomic mass is 10.1. The number of ether oxygens (including phenoxy) is 1. The van der Waals surface area contributed by atoms with E-state index in [4.69, 9.17) is 22.1 Å². The fraction of sp³-hybridized carbons (Fsp3) is 0.444. The van der Waals surface area contributed by atoms with Gasteiger partial charge in [0.25, 0.3) is 0 Å². The maximum Gasteiger partial charge on any atom is 0.341 e. The van der Waals surface area contributed by atoms with Gasteiger partial charge >= 0.3 is 5.97 Å². The molecule has 4 rings (SSSR count).